The van der Waals surface area contributed by atoms with Gasteiger partial charge in [-0.15, -0.1) is 0 Å². The van der Waals surface area contributed by atoms with Gasteiger partial charge >= 0.3 is 5.97 Å². The summed E-state index contributed by atoms with van der Waals surface area (Å²) < 4.78 is 4.68. The normalized spacial score (nSPS) is 15.3. The number of benzene rings is 1. The molecule has 3 unspecified atom stereocenters. The lowest BCUT2D eigenvalue weighted by atomic mass is 9.97. The highest BCUT2D eigenvalue weighted by atomic mass is 16.5. The molecule has 0 spiro atoms. The fourth-order valence-corrected chi connectivity index (χ4v) is 2.12. The lowest BCUT2D eigenvalue weighted by Gasteiger charge is -2.27. The van der Waals surface area contributed by atoms with Crippen LogP contribution >= 0.6 is 0 Å². The van der Waals surface area contributed by atoms with Crippen molar-refractivity contribution in [2.24, 2.45) is 0 Å². The van der Waals surface area contributed by atoms with Crippen molar-refractivity contribution < 1.29 is 19.7 Å². The summed E-state index contributed by atoms with van der Waals surface area (Å²) in [6.07, 6.45) is -0.0955. The highest BCUT2D eigenvalue weighted by Crippen LogP contribution is 2.20. The summed E-state index contributed by atoms with van der Waals surface area (Å²) in [4.78, 5) is 11.5. The minimum atomic E-state index is -0.842. The zero-order valence-corrected chi connectivity index (χ0v) is 12.9. The van der Waals surface area contributed by atoms with Gasteiger partial charge in [-0.05, 0) is 18.9 Å². The highest BCUT2D eigenvalue weighted by Gasteiger charge is 2.26. The highest BCUT2D eigenvalue weighted by molar-refractivity contribution is 5.70. The van der Waals surface area contributed by atoms with Gasteiger partial charge < -0.3 is 20.3 Å². The number of carbonyl (C=O) groups excluding carboxylic acids is 1. The van der Waals surface area contributed by atoms with Gasteiger partial charge in [-0.1, -0.05) is 36.8 Å². The molecular formula is C16H25NO4. The van der Waals surface area contributed by atoms with E-state index in [1.807, 2.05) is 38.1 Å². The predicted molar refractivity (Wildman–Crippen MR) is 80.9 cm³/mol. The smallest absolute Gasteiger partial charge is 0.307 e. The van der Waals surface area contributed by atoms with Crippen molar-refractivity contribution in [2.45, 2.75) is 44.9 Å². The van der Waals surface area contributed by atoms with Crippen LogP contribution in [0.15, 0.2) is 24.3 Å². The molecule has 1 aromatic rings. The Morgan fingerprint density at radius 1 is 1.33 bits per heavy atom. The van der Waals surface area contributed by atoms with Gasteiger partial charge in [0.1, 0.15) is 0 Å². The number of aryl methyl sites for hydroxylation is 1. The Bertz CT molecular complexity index is 428. The molecule has 21 heavy (non-hydrogen) atoms. The van der Waals surface area contributed by atoms with E-state index in [-0.39, 0.29) is 19.1 Å². The number of ether oxygens (including phenoxy) is 1. The van der Waals surface area contributed by atoms with Crippen molar-refractivity contribution in [3.8, 4) is 0 Å². The molecule has 0 aliphatic heterocycles. The Balaban J connectivity index is 2.87. The van der Waals surface area contributed by atoms with Crippen LogP contribution in [0.3, 0.4) is 0 Å². The van der Waals surface area contributed by atoms with E-state index in [9.17, 15) is 15.0 Å². The number of rotatable bonds is 8. The van der Waals surface area contributed by atoms with Crippen LogP contribution in [-0.4, -0.2) is 42.0 Å². The topological polar surface area (TPSA) is 78.8 Å². The molecule has 1 aromatic carbocycles. The molecule has 0 aliphatic carbocycles. The number of hydrogen-bond acceptors (Lipinski definition) is 5. The number of aliphatic hydroxyl groups excluding tert-OH is 2. The summed E-state index contributed by atoms with van der Waals surface area (Å²) >= 11 is 0. The quantitative estimate of drug-likeness (QED) is 0.630. The fourth-order valence-electron chi connectivity index (χ4n) is 2.12. The van der Waals surface area contributed by atoms with Crippen LogP contribution in [0.2, 0.25) is 0 Å². The van der Waals surface area contributed by atoms with Crippen molar-refractivity contribution in [1.29, 1.82) is 0 Å². The number of methoxy groups -OCH3 is 1. The standard InChI is InChI=1S/C16H25NO4/c1-4-13(10-18)17-14(9-15(19)21-3)16(20)12-7-5-11(2)6-8-12/h5-8,13-14,16-18,20H,4,9-10H2,1-3H3. The third kappa shape index (κ3) is 5.46. The zero-order chi connectivity index (χ0) is 15.8. The molecule has 5 heteroatoms. The Morgan fingerprint density at radius 3 is 2.43 bits per heavy atom. The first-order chi connectivity index (χ1) is 10.0. The maximum atomic E-state index is 11.5. The summed E-state index contributed by atoms with van der Waals surface area (Å²) in [6, 6.07) is 6.84. The van der Waals surface area contributed by atoms with Gasteiger partial charge in [0.25, 0.3) is 0 Å². The maximum absolute atomic E-state index is 11.5. The second-order valence-electron chi connectivity index (χ2n) is 5.20. The molecule has 1 rings (SSSR count). The fraction of sp³-hybridized carbons (Fsp3) is 0.562. The van der Waals surface area contributed by atoms with Crippen LogP contribution < -0.4 is 5.32 Å². The number of esters is 1. The van der Waals surface area contributed by atoms with Crippen molar-refractivity contribution in [1.82, 2.24) is 5.32 Å². The molecule has 3 N–H and O–H groups in total. The minimum absolute atomic E-state index is 0.0437. The molecule has 0 aromatic heterocycles. The molecule has 0 aliphatic rings. The average molecular weight is 295 g/mol. The molecule has 0 fully saturated rings. The SMILES string of the molecule is CCC(CO)NC(CC(=O)OC)C(O)c1ccc(C)cc1. The van der Waals surface area contributed by atoms with Gasteiger partial charge in [0.2, 0.25) is 0 Å². The first kappa shape index (κ1) is 17.6. The molecule has 3 atom stereocenters. The van der Waals surface area contributed by atoms with Gasteiger partial charge in [-0.2, -0.15) is 0 Å². The van der Waals surface area contributed by atoms with E-state index >= 15 is 0 Å². The van der Waals surface area contributed by atoms with Crippen molar-refractivity contribution in [2.75, 3.05) is 13.7 Å². The first-order valence-electron chi connectivity index (χ1n) is 7.20. The molecular weight excluding hydrogens is 270 g/mol. The van der Waals surface area contributed by atoms with Crippen LogP contribution in [0.5, 0.6) is 0 Å². The Hall–Kier alpha value is -1.43. The third-order valence-electron chi connectivity index (χ3n) is 3.58. The summed E-state index contributed by atoms with van der Waals surface area (Å²) in [6.45, 7) is 3.86. The largest absolute Gasteiger partial charge is 0.469 e. The Labute approximate surface area is 125 Å². The summed E-state index contributed by atoms with van der Waals surface area (Å²) in [5.74, 6) is -0.397. The Morgan fingerprint density at radius 2 is 1.95 bits per heavy atom. The molecule has 118 valence electrons. The van der Waals surface area contributed by atoms with E-state index in [0.717, 1.165) is 11.1 Å². The summed E-state index contributed by atoms with van der Waals surface area (Å²) in [7, 11) is 1.32. The van der Waals surface area contributed by atoms with Crippen molar-refractivity contribution >= 4 is 5.97 Å². The molecule has 0 bridgehead atoms. The lowest BCUT2D eigenvalue weighted by molar-refractivity contribution is -0.142. The number of hydrogen-bond donors (Lipinski definition) is 3. The predicted octanol–water partition coefficient (Wildman–Crippen LogP) is 1.32. The van der Waals surface area contributed by atoms with Gasteiger partial charge in [0.05, 0.1) is 26.2 Å². The second-order valence-corrected chi connectivity index (χ2v) is 5.20. The van der Waals surface area contributed by atoms with Crippen LogP contribution in [0.1, 0.15) is 37.0 Å². The maximum Gasteiger partial charge on any atom is 0.307 e. The lowest BCUT2D eigenvalue weighted by Crippen LogP contribution is -2.44. The minimum Gasteiger partial charge on any atom is -0.469 e. The van der Waals surface area contributed by atoms with Gasteiger partial charge in [-0.3, -0.25) is 4.79 Å². The van der Waals surface area contributed by atoms with Gasteiger partial charge in [0, 0.05) is 12.1 Å². The van der Waals surface area contributed by atoms with Crippen LogP contribution in [0.4, 0.5) is 0 Å². The summed E-state index contributed by atoms with van der Waals surface area (Å²) in [5.41, 5.74) is 1.83. The molecule has 0 saturated heterocycles. The molecule has 0 saturated carbocycles. The van der Waals surface area contributed by atoms with Crippen LogP contribution in [0, 0.1) is 6.92 Å². The van der Waals surface area contributed by atoms with Crippen molar-refractivity contribution in [3.05, 3.63) is 35.4 Å². The van der Waals surface area contributed by atoms with E-state index in [2.05, 4.69) is 10.1 Å². The number of nitrogens with one attached hydrogen (secondary N) is 1. The van der Waals surface area contributed by atoms with Gasteiger partial charge in [0.15, 0.2) is 0 Å². The average Bonchev–Trinajstić information content (AvgIpc) is 2.51. The zero-order valence-electron chi connectivity index (χ0n) is 12.9. The third-order valence-corrected chi connectivity index (χ3v) is 3.58. The van der Waals surface area contributed by atoms with Crippen LogP contribution in [-0.2, 0) is 9.53 Å². The molecule has 0 amide bonds. The second kappa shape index (κ2) is 8.77. The van der Waals surface area contributed by atoms with Gasteiger partial charge in [-0.25, -0.2) is 0 Å². The molecule has 5 nitrogen and oxygen atoms in total. The summed E-state index contributed by atoms with van der Waals surface area (Å²) in [5, 5.41) is 22.9. The Kier molecular flexibility index (Phi) is 7.36. The van der Waals surface area contributed by atoms with E-state index < -0.39 is 18.1 Å². The van der Waals surface area contributed by atoms with E-state index in [4.69, 9.17) is 0 Å². The van der Waals surface area contributed by atoms with E-state index in [1.165, 1.54) is 7.11 Å². The van der Waals surface area contributed by atoms with E-state index in [0.29, 0.717) is 6.42 Å². The van der Waals surface area contributed by atoms with Crippen LogP contribution in [0.25, 0.3) is 0 Å². The number of carbonyl (C=O) groups is 1. The number of aliphatic hydroxyl groups is 2. The monoisotopic (exact) mass is 295 g/mol. The first-order valence-corrected chi connectivity index (χ1v) is 7.20. The molecule has 0 heterocycles. The van der Waals surface area contributed by atoms with Crippen molar-refractivity contribution in [3.63, 3.8) is 0 Å². The van der Waals surface area contributed by atoms with E-state index in [1.54, 1.807) is 0 Å². The molecule has 0 radical (unpaired) electrons.